The fourth-order valence-corrected chi connectivity index (χ4v) is 1.46. The maximum Gasteiger partial charge on any atom is 0.254 e. The number of rotatable bonds is 6. The van der Waals surface area contributed by atoms with Crippen molar-refractivity contribution < 1.29 is 14.3 Å². The van der Waals surface area contributed by atoms with Gasteiger partial charge in [0.05, 0.1) is 0 Å². The Morgan fingerprint density at radius 2 is 1.95 bits per heavy atom. The number of amides is 2. The first-order valence-electron chi connectivity index (χ1n) is 6.04. The lowest BCUT2D eigenvalue weighted by molar-refractivity contribution is -0.125. The Bertz CT molecular complexity index is 445. The lowest BCUT2D eigenvalue weighted by Gasteiger charge is -2.13. The molecule has 4 N–H and O–H groups in total. The number of nitrogens with two attached hydrogens (primary N) is 1. The smallest absolute Gasteiger partial charge is 0.254 e. The fraction of sp³-hybridized carbons (Fsp3) is 0.385. The van der Waals surface area contributed by atoms with Crippen LogP contribution in [-0.2, 0) is 14.3 Å². The topological polar surface area (TPSA) is 93.5 Å². The van der Waals surface area contributed by atoms with Gasteiger partial charge in [0.15, 0.2) is 0 Å². The Labute approximate surface area is 112 Å². The van der Waals surface area contributed by atoms with E-state index in [1.54, 1.807) is 31.2 Å². The van der Waals surface area contributed by atoms with Crippen LogP contribution in [0.25, 0.3) is 0 Å². The average molecular weight is 265 g/mol. The van der Waals surface area contributed by atoms with Gasteiger partial charge in [-0.15, -0.1) is 0 Å². The van der Waals surface area contributed by atoms with Crippen molar-refractivity contribution in [3.8, 4) is 0 Å². The molecule has 0 fully saturated rings. The number of carbonyl (C=O) groups excluding carboxylic acids is 2. The molecule has 104 valence electrons. The SMILES string of the molecule is CCC(=O)Nc1cccc(NC(=O)C(CN)OC)c1. The van der Waals surface area contributed by atoms with Gasteiger partial charge in [0.1, 0.15) is 6.10 Å². The molecular formula is C13H19N3O3. The molecule has 6 heteroatoms. The van der Waals surface area contributed by atoms with E-state index in [9.17, 15) is 9.59 Å². The van der Waals surface area contributed by atoms with Gasteiger partial charge >= 0.3 is 0 Å². The highest BCUT2D eigenvalue weighted by Gasteiger charge is 2.15. The Balaban J connectivity index is 2.71. The van der Waals surface area contributed by atoms with E-state index < -0.39 is 6.10 Å². The van der Waals surface area contributed by atoms with Crippen LogP contribution >= 0.6 is 0 Å². The summed E-state index contributed by atoms with van der Waals surface area (Å²) in [4.78, 5) is 23.0. The molecule has 1 aromatic rings. The molecule has 19 heavy (non-hydrogen) atoms. The van der Waals surface area contributed by atoms with Gasteiger partial charge in [0, 0.05) is 31.5 Å². The van der Waals surface area contributed by atoms with Crippen LogP contribution < -0.4 is 16.4 Å². The lowest BCUT2D eigenvalue weighted by Crippen LogP contribution is -2.35. The van der Waals surface area contributed by atoms with E-state index in [1.165, 1.54) is 7.11 Å². The summed E-state index contributed by atoms with van der Waals surface area (Å²) < 4.78 is 4.94. The van der Waals surface area contributed by atoms with Gasteiger partial charge < -0.3 is 21.1 Å². The molecule has 0 heterocycles. The summed E-state index contributed by atoms with van der Waals surface area (Å²) in [5.74, 6) is -0.399. The predicted molar refractivity (Wildman–Crippen MR) is 73.8 cm³/mol. The molecule has 0 bridgehead atoms. The standard InChI is InChI=1S/C13H19N3O3/c1-3-12(17)15-9-5-4-6-10(7-9)16-13(18)11(8-14)19-2/h4-7,11H,3,8,14H2,1-2H3,(H,15,17)(H,16,18). The zero-order valence-electron chi connectivity index (χ0n) is 11.1. The van der Waals surface area contributed by atoms with Crippen molar-refractivity contribution in [1.82, 2.24) is 0 Å². The highest BCUT2D eigenvalue weighted by Crippen LogP contribution is 2.15. The number of methoxy groups -OCH3 is 1. The van der Waals surface area contributed by atoms with Gasteiger partial charge in [-0.2, -0.15) is 0 Å². The van der Waals surface area contributed by atoms with E-state index in [1.807, 2.05) is 0 Å². The van der Waals surface area contributed by atoms with E-state index in [-0.39, 0.29) is 18.4 Å². The van der Waals surface area contributed by atoms with Gasteiger partial charge in [0.25, 0.3) is 5.91 Å². The molecule has 2 amide bonds. The monoisotopic (exact) mass is 265 g/mol. The first-order chi connectivity index (χ1) is 9.10. The van der Waals surface area contributed by atoms with Crippen molar-refractivity contribution in [2.75, 3.05) is 24.3 Å². The third-order valence-electron chi connectivity index (χ3n) is 2.53. The largest absolute Gasteiger partial charge is 0.370 e. The number of carbonyl (C=O) groups is 2. The number of nitrogens with one attached hydrogen (secondary N) is 2. The lowest BCUT2D eigenvalue weighted by atomic mass is 10.2. The van der Waals surface area contributed by atoms with Crippen LogP contribution in [0.15, 0.2) is 24.3 Å². The third kappa shape index (κ3) is 4.69. The molecule has 0 aliphatic carbocycles. The molecule has 0 saturated heterocycles. The summed E-state index contributed by atoms with van der Waals surface area (Å²) in [7, 11) is 1.43. The summed E-state index contributed by atoms with van der Waals surface area (Å²) in [6, 6.07) is 6.89. The minimum absolute atomic E-state index is 0.0831. The van der Waals surface area contributed by atoms with Crippen LogP contribution in [0.2, 0.25) is 0 Å². The van der Waals surface area contributed by atoms with E-state index in [2.05, 4.69) is 10.6 Å². The number of hydrogen-bond acceptors (Lipinski definition) is 4. The van der Waals surface area contributed by atoms with E-state index in [4.69, 9.17) is 10.5 Å². The van der Waals surface area contributed by atoms with Gasteiger partial charge in [-0.05, 0) is 18.2 Å². The number of ether oxygens (including phenoxy) is 1. The average Bonchev–Trinajstić information content (AvgIpc) is 2.40. The molecule has 0 spiro atoms. The second-order valence-electron chi connectivity index (χ2n) is 3.93. The Hall–Kier alpha value is -1.92. The minimum Gasteiger partial charge on any atom is -0.370 e. The van der Waals surface area contributed by atoms with Gasteiger partial charge in [-0.25, -0.2) is 0 Å². The summed E-state index contributed by atoms with van der Waals surface area (Å²) in [6.07, 6.45) is -0.288. The van der Waals surface area contributed by atoms with Crippen molar-refractivity contribution in [3.05, 3.63) is 24.3 Å². The second kappa shape index (κ2) is 7.50. The molecule has 6 nitrogen and oxygen atoms in total. The van der Waals surface area contributed by atoms with Gasteiger partial charge in [0.2, 0.25) is 5.91 Å². The zero-order valence-corrected chi connectivity index (χ0v) is 11.1. The fourth-order valence-electron chi connectivity index (χ4n) is 1.46. The van der Waals surface area contributed by atoms with Crippen LogP contribution in [0.3, 0.4) is 0 Å². The number of hydrogen-bond donors (Lipinski definition) is 3. The second-order valence-corrected chi connectivity index (χ2v) is 3.93. The summed E-state index contributed by atoms with van der Waals surface area (Å²) in [5.41, 5.74) is 6.62. The first-order valence-corrected chi connectivity index (χ1v) is 6.04. The van der Waals surface area contributed by atoms with Crippen LogP contribution in [0, 0.1) is 0 Å². The first kappa shape index (κ1) is 15.1. The molecule has 1 unspecified atom stereocenters. The summed E-state index contributed by atoms with van der Waals surface area (Å²) in [5, 5.41) is 5.40. The maximum absolute atomic E-state index is 11.8. The molecule has 0 aliphatic heterocycles. The predicted octanol–water partition coefficient (Wildman–Crippen LogP) is 0.947. The van der Waals surface area contributed by atoms with Crippen molar-refractivity contribution in [2.24, 2.45) is 5.73 Å². The third-order valence-corrected chi connectivity index (χ3v) is 2.53. The summed E-state index contributed by atoms with van der Waals surface area (Å²) in [6.45, 7) is 1.87. The molecule has 1 atom stereocenters. The van der Waals surface area contributed by atoms with E-state index in [0.29, 0.717) is 17.8 Å². The minimum atomic E-state index is -0.686. The Morgan fingerprint density at radius 1 is 1.32 bits per heavy atom. The maximum atomic E-state index is 11.8. The van der Waals surface area contributed by atoms with Crippen LogP contribution in [-0.4, -0.2) is 31.6 Å². The Kier molecular flexibility index (Phi) is 5.98. The van der Waals surface area contributed by atoms with Crippen LogP contribution in [0.5, 0.6) is 0 Å². The molecular weight excluding hydrogens is 246 g/mol. The summed E-state index contributed by atoms with van der Waals surface area (Å²) >= 11 is 0. The van der Waals surface area contributed by atoms with Crippen molar-refractivity contribution in [1.29, 1.82) is 0 Å². The van der Waals surface area contributed by atoms with Crippen molar-refractivity contribution in [3.63, 3.8) is 0 Å². The van der Waals surface area contributed by atoms with Crippen LogP contribution in [0.1, 0.15) is 13.3 Å². The molecule has 1 rings (SSSR count). The van der Waals surface area contributed by atoms with Crippen LogP contribution in [0.4, 0.5) is 11.4 Å². The van der Waals surface area contributed by atoms with E-state index in [0.717, 1.165) is 0 Å². The normalized spacial score (nSPS) is 11.7. The molecule has 1 aromatic carbocycles. The zero-order chi connectivity index (χ0) is 14.3. The van der Waals surface area contributed by atoms with Gasteiger partial charge in [-0.3, -0.25) is 9.59 Å². The highest BCUT2D eigenvalue weighted by molar-refractivity contribution is 5.96. The van der Waals surface area contributed by atoms with Crippen molar-refractivity contribution >= 4 is 23.2 Å². The van der Waals surface area contributed by atoms with E-state index >= 15 is 0 Å². The molecule has 0 aromatic heterocycles. The van der Waals surface area contributed by atoms with Crippen molar-refractivity contribution in [2.45, 2.75) is 19.4 Å². The molecule has 0 saturated carbocycles. The molecule has 0 radical (unpaired) electrons. The van der Waals surface area contributed by atoms with Gasteiger partial charge in [-0.1, -0.05) is 13.0 Å². The highest BCUT2D eigenvalue weighted by atomic mass is 16.5. The molecule has 0 aliphatic rings. The number of anilines is 2. The number of benzene rings is 1. The quantitative estimate of drug-likeness (QED) is 0.713. The Morgan fingerprint density at radius 3 is 2.47 bits per heavy atom.